The zero-order valence-electron chi connectivity index (χ0n) is 11.2. The topological polar surface area (TPSA) is 50.9 Å². The monoisotopic (exact) mass is 331 g/mol. The van der Waals surface area contributed by atoms with Crippen molar-refractivity contribution < 1.29 is 5.11 Å². The lowest BCUT2D eigenvalue weighted by molar-refractivity contribution is 0.476. The van der Waals surface area contributed by atoms with Crippen molar-refractivity contribution >= 4 is 27.0 Å². The van der Waals surface area contributed by atoms with Gasteiger partial charge in [0.25, 0.3) is 0 Å². The number of rotatable bonds is 2. The van der Waals surface area contributed by atoms with Gasteiger partial charge in [-0.2, -0.15) is 0 Å². The second kappa shape index (κ2) is 4.90. The van der Waals surface area contributed by atoms with Gasteiger partial charge in [0.2, 0.25) is 0 Å². The minimum atomic E-state index is 0.221. The Labute approximate surface area is 125 Å². The number of phenolic OH excluding ortho intramolecular Hbond substituents is 1. The minimum Gasteiger partial charge on any atom is -0.507 e. The minimum absolute atomic E-state index is 0.221. The molecule has 1 N–H and O–H groups in total. The van der Waals surface area contributed by atoms with Crippen LogP contribution in [0.25, 0.3) is 22.4 Å². The molecule has 3 rings (SSSR count). The van der Waals surface area contributed by atoms with E-state index in [2.05, 4.69) is 44.3 Å². The normalized spacial score (nSPS) is 11.4. The van der Waals surface area contributed by atoms with Crippen LogP contribution >= 0.6 is 15.9 Å². The molecule has 1 aromatic carbocycles. The Hall–Kier alpha value is -1.88. The largest absolute Gasteiger partial charge is 0.507 e. The highest BCUT2D eigenvalue weighted by Crippen LogP contribution is 2.34. The first-order valence-electron chi connectivity index (χ1n) is 6.39. The number of hydrogen-bond donors (Lipinski definition) is 1. The molecule has 0 spiro atoms. The summed E-state index contributed by atoms with van der Waals surface area (Å²) in [6.45, 7) is 4.19. The van der Waals surface area contributed by atoms with Crippen molar-refractivity contribution in [3.05, 3.63) is 41.1 Å². The maximum atomic E-state index is 10.1. The van der Waals surface area contributed by atoms with Gasteiger partial charge in [0.15, 0.2) is 0 Å². The zero-order chi connectivity index (χ0) is 14.3. The van der Waals surface area contributed by atoms with Crippen LogP contribution in [-0.2, 0) is 0 Å². The van der Waals surface area contributed by atoms with Crippen LogP contribution in [0, 0.1) is 0 Å². The van der Waals surface area contributed by atoms with Crippen LogP contribution in [0.4, 0.5) is 0 Å². The average molecular weight is 332 g/mol. The molecule has 0 amide bonds. The molecule has 0 aliphatic carbocycles. The Morgan fingerprint density at radius 3 is 2.80 bits per heavy atom. The summed E-state index contributed by atoms with van der Waals surface area (Å²) < 4.78 is 3.02. The Morgan fingerprint density at radius 2 is 2.05 bits per heavy atom. The third-order valence-electron chi connectivity index (χ3n) is 3.21. The number of pyridine rings is 1. The Morgan fingerprint density at radius 1 is 1.25 bits per heavy atom. The summed E-state index contributed by atoms with van der Waals surface area (Å²) in [5.41, 5.74) is 2.56. The lowest BCUT2D eigenvalue weighted by Crippen LogP contribution is -2.03. The van der Waals surface area contributed by atoms with Gasteiger partial charge < -0.3 is 9.67 Å². The van der Waals surface area contributed by atoms with Crippen LogP contribution in [0.15, 0.2) is 41.1 Å². The molecule has 0 bridgehead atoms. The predicted octanol–water partition coefficient (Wildman–Crippen LogP) is 4.15. The summed E-state index contributed by atoms with van der Waals surface area (Å²) >= 11 is 3.44. The Balaban J connectivity index is 2.35. The summed E-state index contributed by atoms with van der Waals surface area (Å²) in [5.74, 6) is 0.972. The molecule has 0 aliphatic heterocycles. The molecule has 0 saturated heterocycles. The van der Waals surface area contributed by atoms with Crippen LogP contribution in [-0.4, -0.2) is 19.6 Å². The molecule has 0 aliphatic rings. The number of hydrogen-bond acceptors (Lipinski definition) is 3. The maximum absolute atomic E-state index is 10.1. The van der Waals surface area contributed by atoms with E-state index in [1.54, 1.807) is 18.5 Å². The van der Waals surface area contributed by atoms with Crippen molar-refractivity contribution in [2.45, 2.75) is 19.9 Å². The number of nitrogens with zero attached hydrogens (tertiary/aromatic N) is 3. The molecular weight excluding hydrogens is 318 g/mol. The molecule has 102 valence electrons. The van der Waals surface area contributed by atoms with Gasteiger partial charge in [0.1, 0.15) is 17.1 Å². The molecule has 2 aromatic heterocycles. The highest BCUT2D eigenvalue weighted by Gasteiger charge is 2.17. The number of aromatic nitrogens is 3. The summed E-state index contributed by atoms with van der Waals surface area (Å²) in [6, 6.07) is 7.53. The number of halogens is 1. The second-order valence-corrected chi connectivity index (χ2v) is 5.84. The molecule has 3 aromatic rings. The van der Waals surface area contributed by atoms with Crippen molar-refractivity contribution in [1.29, 1.82) is 0 Å². The fourth-order valence-electron chi connectivity index (χ4n) is 2.35. The van der Waals surface area contributed by atoms with Gasteiger partial charge in [-0.3, -0.25) is 4.98 Å². The van der Waals surface area contributed by atoms with Crippen molar-refractivity contribution in [2.24, 2.45) is 0 Å². The molecule has 5 heteroatoms. The van der Waals surface area contributed by atoms with Crippen molar-refractivity contribution in [3.63, 3.8) is 0 Å². The average Bonchev–Trinajstić information content (AvgIpc) is 2.80. The van der Waals surface area contributed by atoms with Gasteiger partial charge in [0, 0.05) is 16.7 Å². The molecule has 2 heterocycles. The van der Waals surface area contributed by atoms with E-state index in [0.717, 1.165) is 21.3 Å². The number of fused-ring (bicyclic) bond motifs is 1. The summed E-state index contributed by atoms with van der Waals surface area (Å²) in [4.78, 5) is 8.74. The van der Waals surface area contributed by atoms with Gasteiger partial charge in [-0.05, 0) is 38.1 Å². The lowest BCUT2D eigenvalue weighted by Gasteiger charge is -2.14. The van der Waals surface area contributed by atoms with Crippen LogP contribution in [0.3, 0.4) is 0 Å². The van der Waals surface area contributed by atoms with Crippen molar-refractivity contribution in [1.82, 2.24) is 14.5 Å². The quantitative estimate of drug-likeness (QED) is 0.767. The van der Waals surface area contributed by atoms with Crippen LogP contribution in [0.5, 0.6) is 5.75 Å². The fraction of sp³-hybridized carbons (Fsp3) is 0.200. The van der Waals surface area contributed by atoms with E-state index in [1.165, 1.54) is 0 Å². The number of phenols is 1. The number of aromatic hydroxyl groups is 1. The molecule has 0 saturated carbocycles. The van der Waals surface area contributed by atoms with Gasteiger partial charge in [-0.25, -0.2) is 4.98 Å². The Bertz CT molecular complexity index is 780. The standard InChI is InChI=1S/C15H14BrN3O/c1-9(2)19-13-5-6-17-8-12(13)18-15(19)11-7-10(16)3-4-14(11)20/h3-9,20H,1-2H3. The number of imidazole rings is 1. The predicted molar refractivity (Wildman–Crippen MR) is 82.7 cm³/mol. The smallest absolute Gasteiger partial charge is 0.145 e. The first kappa shape index (κ1) is 13.1. The van der Waals surface area contributed by atoms with Gasteiger partial charge in [-0.15, -0.1) is 0 Å². The molecule has 0 fully saturated rings. The first-order valence-corrected chi connectivity index (χ1v) is 7.18. The number of benzene rings is 1. The zero-order valence-corrected chi connectivity index (χ0v) is 12.8. The van der Waals surface area contributed by atoms with E-state index < -0.39 is 0 Å². The van der Waals surface area contributed by atoms with Gasteiger partial charge in [0.05, 0.1) is 17.3 Å². The third kappa shape index (κ3) is 2.08. The van der Waals surface area contributed by atoms with E-state index >= 15 is 0 Å². The summed E-state index contributed by atoms with van der Waals surface area (Å²) in [7, 11) is 0. The van der Waals surface area contributed by atoms with Gasteiger partial charge in [-0.1, -0.05) is 15.9 Å². The van der Waals surface area contributed by atoms with Crippen molar-refractivity contribution in [3.8, 4) is 17.1 Å². The van der Waals surface area contributed by atoms with E-state index in [0.29, 0.717) is 5.56 Å². The van der Waals surface area contributed by atoms with Crippen LogP contribution < -0.4 is 0 Å². The molecular formula is C15H14BrN3O. The molecule has 0 unspecified atom stereocenters. The molecule has 20 heavy (non-hydrogen) atoms. The Kier molecular flexibility index (Phi) is 3.22. The maximum Gasteiger partial charge on any atom is 0.145 e. The summed E-state index contributed by atoms with van der Waals surface area (Å²) in [5, 5.41) is 10.1. The van der Waals surface area contributed by atoms with E-state index in [1.807, 2.05) is 18.2 Å². The lowest BCUT2D eigenvalue weighted by atomic mass is 10.2. The SMILES string of the molecule is CC(C)n1c(-c2cc(Br)ccc2O)nc2cnccc21. The van der Waals surface area contributed by atoms with Gasteiger partial charge >= 0.3 is 0 Å². The van der Waals surface area contributed by atoms with E-state index in [-0.39, 0.29) is 11.8 Å². The fourth-order valence-corrected chi connectivity index (χ4v) is 2.71. The highest BCUT2D eigenvalue weighted by molar-refractivity contribution is 9.10. The van der Waals surface area contributed by atoms with Crippen molar-refractivity contribution in [2.75, 3.05) is 0 Å². The summed E-state index contributed by atoms with van der Waals surface area (Å²) in [6.07, 6.45) is 3.50. The van der Waals surface area contributed by atoms with Crippen LogP contribution in [0.2, 0.25) is 0 Å². The molecule has 0 radical (unpaired) electrons. The highest BCUT2D eigenvalue weighted by atomic mass is 79.9. The molecule has 4 nitrogen and oxygen atoms in total. The third-order valence-corrected chi connectivity index (χ3v) is 3.70. The molecule has 0 atom stereocenters. The van der Waals surface area contributed by atoms with Crippen LogP contribution in [0.1, 0.15) is 19.9 Å². The van der Waals surface area contributed by atoms with E-state index in [9.17, 15) is 5.11 Å². The van der Waals surface area contributed by atoms with E-state index in [4.69, 9.17) is 0 Å². The second-order valence-electron chi connectivity index (χ2n) is 4.93. The first-order chi connectivity index (χ1) is 9.58.